The van der Waals surface area contributed by atoms with Crippen LogP contribution in [0.4, 0.5) is 0 Å². The van der Waals surface area contributed by atoms with Gasteiger partial charge in [-0.2, -0.15) is 5.10 Å². The first-order valence-corrected chi connectivity index (χ1v) is 9.74. The molecule has 2 aliphatic heterocycles. The number of fused-ring (bicyclic) bond motifs is 2. The fourth-order valence-corrected chi connectivity index (χ4v) is 4.32. The number of aryl methyl sites for hydroxylation is 1. The van der Waals surface area contributed by atoms with E-state index < -0.39 is 0 Å². The summed E-state index contributed by atoms with van der Waals surface area (Å²) in [5, 5.41) is 6.37. The second-order valence-corrected chi connectivity index (χ2v) is 7.38. The number of ether oxygens (including phenoxy) is 2. The van der Waals surface area contributed by atoms with Crippen LogP contribution in [0, 0.1) is 0 Å². The van der Waals surface area contributed by atoms with E-state index in [1.54, 1.807) is 13.2 Å². The molecule has 7 nitrogen and oxygen atoms in total. The highest BCUT2D eigenvalue weighted by molar-refractivity contribution is 5.76. The minimum absolute atomic E-state index is 0.110. The first kappa shape index (κ1) is 18.7. The van der Waals surface area contributed by atoms with Gasteiger partial charge in [0.2, 0.25) is 5.91 Å². The summed E-state index contributed by atoms with van der Waals surface area (Å²) in [6, 6.07) is 9.26. The van der Waals surface area contributed by atoms with E-state index >= 15 is 0 Å². The predicted octanol–water partition coefficient (Wildman–Crippen LogP) is 1.80. The third kappa shape index (κ3) is 3.54. The zero-order valence-electron chi connectivity index (χ0n) is 16.1. The molecule has 3 heterocycles. The van der Waals surface area contributed by atoms with Crippen molar-refractivity contribution in [1.29, 1.82) is 0 Å². The van der Waals surface area contributed by atoms with Crippen LogP contribution in [-0.4, -0.2) is 47.8 Å². The molecule has 2 aliphatic rings. The van der Waals surface area contributed by atoms with Gasteiger partial charge in [-0.25, -0.2) is 5.10 Å². The van der Waals surface area contributed by atoms with Crippen molar-refractivity contribution >= 4 is 5.91 Å². The standard InChI is InChI=1S/C21H25N3O4/c1-27-17-4-2-3-15-9-14-28-21(20(15)17)10-12-24(13-11-21)19(26)8-6-16-5-7-18(25)23-22-16/h2-5,7H,6,8-14H2,1H3,(H,23,25). The van der Waals surface area contributed by atoms with Crippen LogP contribution in [-0.2, 0) is 28.0 Å². The van der Waals surface area contributed by atoms with Crippen LogP contribution in [0.15, 0.2) is 35.1 Å². The highest BCUT2D eigenvalue weighted by atomic mass is 16.5. The molecule has 0 saturated carbocycles. The number of carbonyl (C=O) groups is 1. The van der Waals surface area contributed by atoms with Gasteiger partial charge >= 0.3 is 0 Å². The first-order chi connectivity index (χ1) is 13.6. The Bertz CT molecular complexity index is 881. The van der Waals surface area contributed by atoms with Gasteiger partial charge < -0.3 is 14.4 Å². The summed E-state index contributed by atoms with van der Waals surface area (Å²) in [7, 11) is 1.70. The molecule has 148 valence electrons. The molecule has 7 heteroatoms. The van der Waals surface area contributed by atoms with Gasteiger partial charge in [-0.3, -0.25) is 9.59 Å². The Morgan fingerprint density at radius 2 is 2.11 bits per heavy atom. The summed E-state index contributed by atoms with van der Waals surface area (Å²) in [6.45, 7) is 2.02. The van der Waals surface area contributed by atoms with Crippen molar-refractivity contribution in [3.63, 3.8) is 0 Å². The number of nitrogens with zero attached hydrogens (tertiary/aromatic N) is 2. The summed E-state index contributed by atoms with van der Waals surface area (Å²) < 4.78 is 11.9. The lowest BCUT2D eigenvalue weighted by molar-refractivity contribution is -0.140. The molecule has 1 amide bonds. The van der Waals surface area contributed by atoms with Gasteiger partial charge in [-0.05, 0) is 37.0 Å². The van der Waals surface area contributed by atoms with E-state index in [4.69, 9.17) is 9.47 Å². The monoisotopic (exact) mass is 383 g/mol. The number of aromatic nitrogens is 2. The third-order valence-electron chi connectivity index (χ3n) is 5.79. The number of aromatic amines is 1. The van der Waals surface area contributed by atoms with Crippen molar-refractivity contribution in [2.45, 2.75) is 37.7 Å². The average molecular weight is 383 g/mol. The number of carbonyl (C=O) groups excluding carboxylic acids is 1. The normalized spacial score (nSPS) is 18.0. The molecule has 1 aromatic heterocycles. The van der Waals surface area contributed by atoms with Gasteiger partial charge in [0.1, 0.15) is 11.4 Å². The van der Waals surface area contributed by atoms with Crippen LogP contribution >= 0.6 is 0 Å². The Kier molecular flexibility index (Phi) is 5.17. The molecule has 0 atom stereocenters. The van der Waals surface area contributed by atoms with Crippen LogP contribution in [0.5, 0.6) is 5.75 Å². The summed E-state index contributed by atoms with van der Waals surface area (Å²) >= 11 is 0. The number of likely N-dealkylation sites (tertiary alicyclic amines) is 1. The molecule has 0 bridgehead atoms. The molecule has 1 N–H and O–H groups in total. The van der Waals surface area contributed by atoms with Gasteiger partial charge in [-0.15, -0.1) is 0 Å². The van der Waals surface area contributed by atoms with Gasteiger partial charge in [0, 0.05) is 37.6 Å². The molecular weight excluding hydrogens is 358 g/mol. The number of piperidine rings is 1. The SMILES string of the molecule is COc1cccc2c1C1(CCN(C(=O)CCc3ccc(=O)[nH]n3)CC1)OCC2. The fraction of sp³-hybridized carbons (Fsp3) is 0.476. The van der Waals surface area contributed by atoms with Gasteiger partial charge in [-0.1, -0.05) is 12.1 Å². The lowest BCUT2D eigenvalue weighted by atomic mass is 9.78. The third-order valence-corrected chi connectivity index (χ3v) is 5.79. The van der Waals surface area contributed by atoms with Crippen molar-refractivity contribution in [3.05, 3.63) is 57.5 Å². The average Bonchev–Trinajstić information content (AvgIpc) is 2.73. The highest BCUT2D eigenvalue weighted by Gasteiger charge is 2.43. The largest absolute Gasteiger partial charge is 0.496 e. The Morgan fingerprint density at radius 3 is 2.82 bits per heavy atom. The number of benzene rings is 1. The maximum atomic E-state index is 12.6. The predicted molar refractivity (Wildman–Crippen MR) is 103 cm³/mol. The molecule has 0 unspecified atom stereocenters. The van der Waals surface area contributed by atoms with Crippen molar-refractivity contribution in [2.24, 2.45) is 0 Å². The van der Waals surface area contributed by atoms with E-state index in [0.29, 0.717) is 32.5 Å². The van der Waals surface area contributed by atoms with E-state index in [0.717, 1.165) is 36.3 Å². The van der Waals surface area contributed by atoms with Gasteiger partial charge in [0.15, 0.2) is 0 Å². The Balaban J connectivity index is 1.42. The van der Waals surface area contributed by atoms with Gasteiger partial charge in [0.25, 0.3) is 5.56 Å². The molecule has 0 radical (unpaired) electrons. The molecule has 2 aromatic rings. The number of rotatable bonds is 4. The number of hydrogen-bond donors (Lipinski definition) is 1. The van der Waals surface area contributed by atoms with Crippen LogP contribution in [0.1, 0.15) is 36.1 Å². The van der Waals surface area contributed by atoms with E-state index in [2.05, 4.69) is 16.3 Å². The Hall–Kier alpha value is -2.67. The summed E-state index contributed by atoms with van der Waals surface area (Å²) in [5.41, 5.74) is 2.57. The lowest BCUT2D eigenvalue weighted by Gasteiger charge is -2.45. The van der Waals surface area contributed by atoms with Crippen molar-refractivity contribution in [1.82, 2.24) is 15.1 Å². The Labute approximate surface area is 163 Å². The topological polar surface area (TPSA) is 84.5 Å². The van der Waals surface area contributed by atoms with Crippen LogP contribution in [0.25, 0.3) is 0 Å². The zero-order chi connectivity index (χ0) is 19.6. The molecule has 1 aromatic carbocycles. The lowest BCUT2D eigenvalue weighted by Crippen LogP contribution is -2.48. The molecule has 1 spiro atoms. The summed E-state index contributed by atoms with van der Waals surface area (Å²) in [5.74, 6) is 0.986. The second kappa shape index (κ2) is 7.75. The summed E-state index contributed by atoms with van der Waals surface area (Å²) in [6.07, 6.45) is 3.33. The maximum absolute atomic E-state index is 12.6. The molecule has 1 fully saturated rings. The smallest absolute Gasteiger partial charge is 0.264 e. The number of nitrogens with one attached hydrogen (secondary N) is 1. The minimum atomic E-state index is -0.364. The zero-order valence-corrected chi connectivity index (χ0v) is 16.1. The number of methoxy groups -OCH3 is 1. The highest BCUT2D eigenvalue weighted by Crippen LogP contribution is 2.45. The van der Waals surface area contributed by atoms with Crippen molar-refractivity contribution < 1.29 is 14.3 Å². The molecule has 4 rings (SSSR count). The first-order valence-electron chi connectivity index (χ1n) is 9.74. The quantitative estimate of drug-likeness (QED) is 0.870. The van der Waals surface area contributed by atoms with Crippen LogP contribution in [0.3, 0.4) is 0 Å². The second-order valence-electron chi connectivity index (χ2n) is 7.38. The molecule has 1 saturated heterocycles. The fourth-order valence-electron chi connectivity index (χ4n) is 4.32. The van der Waals surface area contributed by atoms with E-state index in [1.807, 2.05) is 17.0 Å². The molecule has 28 heavy (non-hydrogen) atoms. The maximum Gasteiger partial charge on any atom is 0.264 e. The van der Waals surface area contributed by atoms with E-state index in [9.17, 15) is 9.59 Å². The number of hydrogen-bond acceptors (Lipinski definition) is 5. The molecule has 0 aliphatic carbocycles. The minimum Gasteiger partial charge on any atom is -0.496 e. The van der Waals surface area contributed by atoms with Crippen molar-refractivity contribution in [3.8, 4) is 5.75 Å². The van der Waals surface area contributed by atoms with E-state index in [1.165, 1.54) is 11.6 Å². The number of amides is 1. The molecular formula is C21H25N3O4. The van der Waals surface area contributed by atoms with Gasteiger partial charge in [0.05, 0.1) is 19.4 Å². The van der Waals surface area contributed by atoms with E-state index in [-0.39, 0.29) is 17.1 Å². The number of H-pyrrole nitrogens is 1. The Morgan fingerprint density at radius 1 is 1.29 bits per heavy atom. The summed E-state index contributed by atoms with van der Waals surface area (Å²) in [4.78, 5) is 25.6. The van der Waals surface area contributed by atoms with Crippen LogP contribution in [0.2, 0.25) is 0 Å². The van der Waals surface area contributed by atoms with Crippen LogP contribution < -0.4 is 10.3 Å². The van der Waals surface area contributed by atoms with Crippen molar-refractivity contribution in [2.75, 3.05) is 26.8 Å².